The van der Waals surface area contributed by atoms with Gasteiger partial charge in [0, 0.05) is 23.2 Å². The third-order valence-corrected chi connectivity index (χ3v) is 3.74. The third-order valence-electron chi connectivity index (χ3n) is 3.37. The largest absolute Gasteiger partial charge is 0.351 e. The molecule has 5 heteroatoms. The van der Waals surface area contributed by atoms with Gasteiger partial charge in [-0.3, -0.25) is 4.79 Å². The zero-order valence-electron chi connectivity index (χ0n) is 12.3. The van der Waals surface area contributed by atoms with E-state index in [0.717, 1.165) is 5.56 Å². The van der Waals surface area contributed by atoms with Gasteiger partial charge < -0.3 is 10.6 Å². The number of benzene rings is 2. The van der Waals surface area contributed by atoms with Crippen LogP contribution in [0.3, 0.4) is 0 Å². The second-order valence-corrected chi connectivity index (χ2v) is 5.40. The highest BCUT2D eigenvalue weighted by atomic mass is 35.5. The Morgan fingerprint density at radius 3 is 2.59 bits per heavy atom. The molecule has 0 saturated heterocycles. The van der Waals surface area contributed by atoms with E-state index in [1.54, 1.807) is 24.3 Å². The lowest BCUT2D eigenvalue weighted by atomic mass is 10.1. The summed E-state index contributed by atoms with van der Waals surface area (Å²) in [5, 5.41) is 6.41. The van der Waals surface area contributed by atoms with Gasteiger partial charge in [-0.05, 0) is 24.6 Å². The number of halogens is 2. The number of hydrogen-bond donors (Lipinski definition) is 2. The van der Waals surface area contributed by atoms with Crippen LogP contribution >= 0.6 is 11.6 Å². The van der Waals surface area contributed by atoms with Crippen molar-refractivity contribution in [3.8, 4) is 0 Å². The summed E-state index contributed by atoms with van der Waals surface area (Å²) in [7, 11) is 0. The van der Waals surface area contributed by atoms with Gasteiger partial charge in [-0.15, -0.1) is 0 Å². The predicted molar refractivity (Wildman–Crippen MR) is 86.1 cm³/mol. The number of nitrogens with one attached hydrogen (secondary N) is 2. The maximum Gasteiger partial charge on any atom is 0.234 e. The Labute approximate surface area is 134 Å². The quantitative estimate of drug-likeness (QED) is 0.856. The third kappa shape index (κ3) is 4.55. The highest BCUT2D eigenvalue weighted by molar-refractivity contribution is 6.31. The van der Waals surface area contributed by atoms with E-state index in [0.29, 0.717) is 17.1 Å². The Bertz CT molecular complexity index is 648. The van der Waals surface area contributed by atoms with Crippen LogP contribution in [0.5, 0.6) is 0 Å². The van der Waals surface area contributed by atoms with E-state index < -0.39 is 0 Å². The minimum Gasteiger partial charge on any atom is -0.351 e. The first-order valence-electron chi connectivity index (χ1n) is 7.06. The number of carbonyl (C=O) groups is 1. The molecule has 0 aliphatic rings. The maximum atomic E-state index is 13.6. The van der Waals surface area contributed by atoms with Gasteiger partial charge in [-0.1, -0.05) is 48.0 Å². The lowest BCUT2D eigenvalue weighted by Crippen LogP contribution is -2.35. The van der Waals surface area contributed by atoms with Gasteiger partial charge in [0.15, 0.2) is 0 Å². The summed E-state index contributed by atoms with van der Waals surface area (Å²) < 4.78 is 13.6. The first-order chi connectivity index (χ1) is 10.6. The predicted octanol–water partition coefficient (Wildman–Crippen LogP) is 3.45. The van der Waals surface area contributed by atoms with Gasteiger partial charge in [0.2, 0.25) is 5.91 Å². The summed E-state index contributed by atoms with van der Waals surface area (Å²) in [5.74, 6) is -0.443. The van der Waals surface area contributed by atoms with E-state index in [1.807, 2.05) is 25.1 Å². The molecule has 0 fully saturated rings. The zero-order valence-corrected chi connectivity index (χ0v) is 13.0. The molecule has 0 saturated carbocycles. The fraction of sp³-hybridized carbons (Fsp3) is 0.235. The summed E-state index contributed by atoms with van der Waals surface area (Å²) in [5.41, 5.74) is 1.40. The van der Waals surface area contributed by atoms with E-state index in [1.165, 1.54) is 6.07 Å². The van der Waals surface area contributed by atoms with Crippen molar-refractivity contribution in [3.05, 3.63) is 70.5 Å². The molecule has 0 heterocycles. The summed E-state index contributed by atoms with van der Waals surface area (Å²) in [6, 6.07) is 13.6. The molecule has 116 valence electrons. The van der Waals surface area contributed by atoms with Gasteiger partial charge >= 0.3 is 0 Å². The van der Waals surface area contributed by atoms with Crippen LogP contribution in [-0.2, 0) is 11.3 Å². The van der Waals surface area contributed by atoms with Gasteiger partial charge in [0.05, 0.1) is 6.54 Å². The molecule has 0 aromatic heterocycles. The molecule has 0 spiro atoms. The monoisotopic (exact) mass is 320 g/mol. The Morgan fingerprint density at radius 2 is 1.86 bits per heavy atom. The average molecular weight is 321 g/mol. The van der Waals surface area contributed by atoms with E-state index in [-0.39, 0.29) is 24.3 Å². The topological polar surface area (TPSA) is 41.1 Å². The fourth-order valence-electron chi connectivity index (χ4n) is 2.08. The first kappa shape index (κ1) is 16.5. The highest BCUT2D eigenvalue weighted by Crippen LogP contribution is 2.16. The van der Waals surface area contributed by atoms with Crippen molar-refractivity contribution >= 4 is 17.5 Å². The molecule has 2 rings (SSSR count). The Kier molecular flexibility index (Phi) is 5.92. The Balaban J connectivity index is 1.81. The second kappa shape index (κ2) is 7.92. The minimum absolute atomic E-state index is 0.111. The number of carbonyl (C=O) groups excluding carboxylic acids is 1. The molecule has 22 heavy (non-hydrogen) atoms. The molecule has 2 aromatic carbocycles. The molecule has 2 N–H and O–H groups in total. The van der Waals surface area contributed by atoms with Crippen LogP contribution < -0.4 is 10.6 Å². The molecule has 1 atom stereocenters. The standard InChI is InChI=1S/C17H18ClFN2O/c1-12(14-7-3-5-9-16(14)19)20-11-17(22)21-10-13-6-2-4-8-15(13)18/h2-9,12,20H,10-11H2,1H3,(H,21,22). The summed E-state index contributed by atoms with van der Waals surface area (Å²) in [6.45, 7) is 2.30. The molecular weight excluding hydrogens is 303 g/mol. The second-order valence-electron chi connectivity index (χ2n) is 4.99. The zero-order chi connectivity index (χ0) is 15.9. The lowest BCUT2D eigenvalue weighted by molar-refractivity contribution is -0.120. The molecule has 1 amide bonds. The van der Waals surface area contributed by atoms with Crippen molar-refractivity contribution in [1.82, 2.24) is 10.6 Å². The van der Waals surface area contributed by atoms with Crippen LogP contribution in [-0.4, -0.2) is 12.5 Å². The SMILES string of the molecule is CC(NCC(=O)NCc1ccccc1Cl)c1ccccc1F. The molecule has 0 radical (unpaired) electrons. The summed E-state index contributed by atoms with van der Waals surface area (Å²) >= 11 is 6.02. The Morgan fingerprint density at radius 1 is 1.18 bits per heavy atom. The number of hydrogen-bond acceptors (Lipinski definition) is 2. The first-order valence-corrected chi connectivity index (χ1v) is 7.43. The maximum absolute atomic E-state index is 13.6. The van der Waals surface area contributed by atoms with Crippen molar-refractivity contribution in [3.63, 3.8) is 0 Å². The molecule has 2 aromatic rings. The van der Waals surface area contributed by atoms with Crippen molar-refractivity contribution in [2.45, 2.75) is 19.5 Å². The normalized spacial score (nSPS) is 12.0. The lowest BCUT2D eigenvalue weighted by Gasteiger charge is -2.15. The van der Waals surface area contributed by atoms with Crippen LogP contribution in [0.25, 0.3) is 0 Å². The van der Waals surface area contributed by atoms with Crippen molar-refractivity contribution in [2.24, 2.45) is 0 Å². The van der Waals surface area contributed by atoms with Gasteiger partial charge in [0.25, 0.3) is 0 Å². The number of rotatable bonds is 6. The molecule has 3 nitrogen and oxygen atoms in total. The van der Waals surface area contributed by atoms with Gasteiger partial charge in [0.1, 0.15) is 5.82 Å². The minimum atomic E-state index is -0.279. The number of amides is 1. The van der Waals surface area contributed by atoms with Gasteiger partial charge in [-0.25, -0.2) is 4.39 Å². The van der Waals surface area contributed by atoms with Crippen LogP contribution in [0.15, 0.2) is 48.5 Å². The molecule has 0 bridgehead atoms. The summed E-state index contributed by atoms with van der Waals surface area (Å²) in [4.78, 5) is 11.8. The van der Waals surface area contributed by atoms with Crippen LogP contribution in [0.1, 0.15) is 24.1 Å². The van der Waals surface area contributed by atoms with Crippen LogP contribution in [0.2, 0.25) is 5.02 Å². The smallest absolute Gasteiger partial charge is 0.234 e. The average Bonchev–Trinajstić information content (AvgIpc) is 2.52. The Hall–Kier alpha value is -1.91. The van der Waals surface area contributed by atoms with Crippen molar-refractivity contribution < 1.29 is 9.18 Å². The van der Waals surface area contributed by atoms with Crippen molar-refractivity contribution in [2.75, 3.05) is 6.54 Å². The molecule has 1 unspecified atom stereocenters. The van der Waals surface area contributed by atoms with E-state index in [2.05, 4.69) is 10.6 Å². The fourth-order valence-corrected chi connectivity index (χ4v) is 2.28. The summed E-state index contributed by atoms with van der Waals surface area (Å²) in [6.07, 6.45) is 0. The van der Waals surface area contributed by atoms with Crippen LogP contribution in [0, 0.1) is 5.82 Å². The van der Waals surface area contributed by atoms with E-state index in [4.69, 9.17) is 11.6 Å². The molecule has 0 aliphatic heterocycles. The van der Waals surface area contributed by atoms with Gasteiger partial charge in [-0.2, -0.15) is 0 Å². The molecule has 0 aliphatic carbocycles. The van der Waals surface area contributed by atoms with Crippen LogP contribution in [0.4, 0.5) is 4.39 Å². The van der Waals surface area contributed by atoms with E-state index >= 15 is 0 Å². The van der Waals surface area contributed by atoms with Crippen molar-refractivity contribution in [1.29, 1.82) is 0 Å². The highest BCUT2D eigenvalue weighted by Gasteiger charge is 2.11. The van der Waals surface area contributed by atoms with E-state index in [9.17, 15) is 9.18 Å². The molecular formula is C17H18ClFN2O.